The fourth-order valence-electron chi connectivity index (χ4n) is 8.86. The van der Waals surface area contributed by atoms with Crippen LogP contribution in [0.1, 0.15) is 86.0 Å². The summed E-state index contributed by atoms with van der Waals surface area (Å²) in [7, 11) is 0. The van der Waals surface area contributed by atoms with Gasteiger partial charge in [-0.1, -0.05) is 40.2 Å². The molecule has 5 aliphatic rings. The van der Waals surface area contributed by atoms with Crippen molar-refractivity contribution in [3.8, 4) is 0 Å². The number of hydrogen-bond donors (Lipinski definition) is 0. The van der Waals surface area contributed by atoms with E-state index < -0.39 is 0 Å². The number of Topliss-reactive ketones (excluding diaryl/α,β-unsaturated/α-hetero) is 1. The lowest BCUT2D eigenvalue weighted by atomic mass is 9.59. The van der Waals surface area contributed by atoms with Gasteiger partial charge in [-0.3, -0.25) is 4.79 Å². The molecule has 25 heavy (non-hydrogen) atoms. The van der Waals surface area contributed by atoms with Gasteiger partial charge in [-0.25, -0.2) is 0 Å². The first-order valence-electron chi connectivity index (χ1n) is 11.0. The van der Waals surface area contributed by atoms with Crippen molar-refractivity contribution >= 4 is 5.78 Å². The zero-order valence-corrected chi connectivity index (χ0v) is 17.0. The molecule has 5 rings (SSSR count). The molecular formula is C24H36O. The molecule has 0 aromatic carbocycles. The lowest BCUT2D eigenvalue weighted by molar-refractivity contribution is -0.129. The van der Waals surface area contributed by atoms with Crippen LogP contribution in [0.3, 0.4) is 0 Å². The maximum absolute atomic E-state index is 13.9. The van der Waals surface area contributed by atoms with Gasteiger partial charge in [0.2, 0.25) is 0 Å². The fraction of sp³-hybridized carbons (Fsp3) is 0.875. The van der Waals surface area contributed by atoms with Crippen LogP contribution in [0.5, 0.6) is 0 Å². The summed E-state index contributed by atoms with van der Waals surface area (Å²) in [6, 6.07) is 0. The number of carbonyl (C=O) groups is 1. The molecule has 0 aliphatic heterocycles. The van der Waals surface area contributed by atoms with E-state index in [0.717, 1.165) is 30.1 Å². The minimum Gasteiger partial charge on any atom is -0.294 e. The van der Waals surface area contributed by atoms with Gasteiger partial charge in [0.25, 0.3) is 0 Å². The summed E-state index contributed by atoms with van der Waals surface area (Å²) in [5.41, 5.74) is 3.68. The Balaban J connectivity index is 1.59. The zero-order valence-electron chi connectivity index (χ0n) is 17.0. The molecule has 3 saturated carbocycles. The summed E-state index contributed by atoms with van der Waals surface area (Å²) < 4.78 is 0. The Morgan fingerprint density at radius 2 is 1.76 bits per heavy atom. The van der Waals surface area contributed by atoms with Crippen LogP contribution < -0.4 is 0 Å². The molecule has 3 fully saturated rings. The van der Waals surface area contributed by atoms with E-state index in [4.69, 9.17) is 0 Å². The second kappa shape index (κ2) is 4.82. The van der Waals surface area contributed by atoms with Crippen molar-refractivity contribution in [2.75, 3.05) is 0 Å². The van der Waals surface area contributed by atoms with Crippen molar-refractivity contribution in [1.82, 2.24) is 0 Å². The zero-order chi connectivity index (χ0) is 17.8. The molecule has 0 aromatic heterocycles. The Kier molecular flexibility index (Phi) is 3.19. The average Bonchev–Trinajstić information content (AvgIpc) is 3.20. The van der Waals surface area contributed by atoms with Crippen LogP contribution in [0.2, 0.25) is 0 Å². The molecular weight excluding hydrogens is 304 g/mol. The number of rotatable bonds is 1. The van der Waals surface area contributed by atoms with Gasteiger partial charge in [0.15, 0.2) is 5.78 Å². The number of carbonyl (C=O) groups excluding carboxylic acids is 1. The molecule has 0 heterocycles. The second-order valence-corrected chi connectivity index (χ2v) is 11.3. The number of hydrogen-bond acceptors (Lipinski definition) is 1. The van der Waals surface area contributed by atoms with Gasteiger partial charge in [0.1, 0.15) is 0 Å². The Morgan fingerprint density at radius 1 is 1.00 bits per heavy atom. The molecule has 1 spiro atoms. The van der Waals surface area contributed by atoms with E-state index in [1.807, 2.05) is 0 Å². The molecule has 0 bridgehead atoms. The van der Waals surface area contributed by atoms with Crippen LogP contribution in [-0.4, -0.2) is 5.78 Å². The third-order valence-electron chi connectivity index (χ3n) is 10.3. The smallest absolute Gasteiger partial charge is 0.166 e. The maximum Gasteiger partial charge on any atom is 0.166 e. The van der Waals surface area contributed by atoms with Gasteiger partial charge in [-0.2, -0.15) is 0 Å². The lowest BCUT2D eigenvalue weighted by Gasteiger charge is -2.44. The maximum atomic E-state index is 13.9. The van der Waals surface area contributed by atoms with Crippen LogP contribution in [0.25, 0.3) is 0 Å². The first-order valence-corrected chi connectivity index (χ1v) is 11.0. The van der Waals surface area contributed by atoms with Crippen LogP contribution in [0.4, 0.5) is 0 Å². The SMILES string of the molecule is CC(C)[C@@H]1CC[C@]2(C)CC3=C(C[C@@H]12)C(=O)C12CC[C@@H](C)[C@@H]1CC[C@@]32C. The van der Waals surface area contributed by atoms with Crippen molar-refractivity contribution in [3.63, 3.8) is 0 Å². The molecule has 0 amide bonds. The Bertz CT molecular complexity index is 672. The lowest BCUT2D eigenvalue weighted by Crippen LogP contribution is -2.40. The van der Waals surface area contributed by atoms with Crippen molar-refractivity contribution in [3.05, 3.63) is 11.1 Å². The highest BCUT2D eigenvalue weighted by atomic mass is 16.1. The summed E-state index contributed by atoms with van der Waals surface area (Å²) in [5, 5.41) is 0. The average molecular weight is 341 g/mol. The number of allylic oxidation sites excluding steroid dienone is 2. The van der Waals surface area contributed by atoms with E-state index in [-0.39, 0.29) is 10.8 Å². The highest BCUT2D eigenvalue weighted by molar-refractivity contribution is 6.06. The van der Waals surface area contributed by atoms with Crippen LogP contribution in [0.15, 0.2) is 11.1 Å². The quantitative estimate of drug-likeness (QED) is 0.557. The molecule has 0 saturated heterocycles. The molecule has 7 atom stereocenters. The molecule has 138 valence electrons. The number of fused-ring (bicyclic) bond motifs is 2. The highest BCUT2D eigenvalue weighted by Crippen LogP contribution is 2.76. The first-order chi connectivity index (χ1) is 11.7. The summed E-state index contributed by atoms with van der Waals surface area (Å²) in [6.45, 7) is 12.3. The molecule has 1 heteroatoms. The Labute approximate surface area is 154 Å². The molecule has 1 unspecified atom stereocenters. The molecule has 0 N–H and O–H groups in total. The van der Waals surface area contributed by atoms with E-state index in [9.17, 15) is 4.79 Å². The molecule has 0 aromatic rings. The normalized spacial score (nSPS) is 54.1. The van der Waals surface area contributed by atoms with Gasteiger partial charge >= 0.3 is 0 Å². The fourth-order valence-corrected chi connectivity index (χ4v) is 8.86. The van der Waals surface area contributed by atoms with Gasteiger partial charge in [-0.15, -0.1) is 0 Å². The third-order valence-corrected chi connectivity index (χ3v) is 10.3. The molecule has 1 nitrogen and oxygen atoms in total. The second-order valence-electron chi connectivity index (χ2n) is 11.3. The van der Waals surface area contributed by atoms with E-state index in [2.05, 4.69) is 34.6 Å². The van der Waals surface area contributed by atoms with E-state index in [1.165, 1.54) is 50.5 Å². The monoisotopic (exact) mass is 340 g/mol. The van der Waals surface area contributed by atoms with Crippen LogP contribution >= 0.6 is 0 Å². The standard InChI is InChI=1S/C24H36O/c1-14(2)16-7-9-22(4)13-20-17(12-19(16)22)21(25)24-11-6-15(3)18(24)8-10-23(20,24)5/h14-16,18-19H,6-13H2,1-5H3/t15-,16+,18+,19+,22-,23+,24?/m1/s1. The summed E-state index contributed by atoms with van der Waals surface area (Å²) >= 11 is 0. The predicted octanol–water partition coefficient (Wildman–Crippen LogP) is 6.18. The van der Waals surface area contributed by atoms with Crippen molar-refractivity contribution < 1.29 is 4.79 Å². The topological polar surface area (TPSA) is 17.1 Å². The van der Waals surface area contributed by atoms with Crippen molar-refractivity contribution in [2.45, 2.75) is 86.0 Å². The minimum atomic E-state index is 0.0133. The van der Waals surface area contributed by atoms with Crippen molar-refractivity contribution in [2.24, 2.45) is 45.8 Å². The predicted molar refractivity (Wildman–Crippen MR) is 102 cm³/mol. The van der Waals surface area contributed by atoms with Crippen molar-refractivity contribution in [1.29, 1.82) is 0 Å². The molecule has 0 radical (unpaired) electrons. The van der Waals surface area contributed by atoms with Gasteiger partial charge in [-0.05, 0) is 91.9 Å². The third kappa shape index (κ3) is 1.70. The minimum absolute atomic E-state index is 0.0133. The largest absolute Gasteiger partial charge is 0.294 e. The van der Waals surface area contributed by atoms with Crippen LogP contribution in [0, 0.1) is 45.8 Å². The number of ketones is 1. The van der Waals surface area contributed by atoms with Gasteiger partial charge in [0.05, 0.1) is 0 Å². The van der Waals surface area contributed by atoms with E-state index in [1.54, 1.807) is 5.57 Å². The first kappa shape index (κ1) is 16.6. The highest BCUT2D eigenvalue weighted by Gasteiger charge is 2.71. The van der Waals surface area contributed by atoms with Crippen LogP contribution in [-0.2, 0) is 4.79 Å². The summed E-state index contributed by atoms with van der Waals surface area (Å²) in [5.74, 6) is 4.41. The Morgan fingerprint density at radius 3 is 2.48 bits per heavy atom. The Hall–Kier alpha value is -0.590. The van der Waals surface area contributed by atoms with E-state index >= 15 is 0 Å². The van der Waals surface area contributed by atoms with Gasteiger partial charge in [0, 0.05) is 10.8 Å². The summed E-state index contributed by atoms with van der Waals surface area (Å²) in [6.07, 6.45) is 10.2. The van der Waals surface area contributed by atoms with Gasteiger partial charge < -0.3 is 0 Å². The summed E-state index contributed by atoms with van der Waals surface area (Å²) in [4.78, 5) is 13.9. The molecule has 5 aliphatic carbocycles. The van der Waals surface area contributed by atoms with E-state index in [0.29, 0.717) is 17.1 Å².